The van der Waals surface area contributed by atoms with Gasteiger partial charge in [-0.15, -0.1) is 0 Å². The molecular formula is C17H15Cl2N3O2. The number of aliphatic hydroxyl groups excluding tert-OH is 1. The van der Waals surface area contributed by atoms with Crippen LogP contribution in [0.1, 0.15) is 18.8 Å². The summed E-state index contributed by atoms with van der Waals surface area (Å²) in [5, 5.41) is 11.8. The Hall–Kier alpha value is -1.92. The number of anilines is 1. The lowest BCUT2D eigenvalue weighted by atomic mass is 10.1. The van der Waals surface area contributed by atoms with Crippen LogP contribution in [0.4, 0.5) is 5.82 Å². The molecule has 2 aromatic heterocycles. The zero-order valence-electron chi connectivity index (χ0n) is 12.8. The molecule has 124 valence electrons. The summed E-state index contributed by atoms with van der Waals surface area (Å²) >= 11 is 12.2. The Morgan fingerprint density at radius 1 is 1.25 bits per heavy atom. The number of hydrogen-bond donors (Lipinski definition) is 2. The summed E-state index contributed by atoms with van der Waals surface area (Å²) in [5.41, 5.74) is 8.33. The molecule has 0 aliphatic rings. The average molecular weight is 364 g/mol. The van der Waals surface area contributed by atoms with Crippen LogP contribution in [-0.4, -0.2) is 21.7 Å². The minimum atomic E-state index is -1.09. The van der Waals surface area contributed by atoms with E-state index in [1.54, 1.807) is 31.2 Å². The van der Waals surface area contributed by atoms with E-state index in [4.69, 9.17) is 33.7 Å². The summed E-state index contributed by atoms with van der Waals surface area (Å²) in [6.07, 6.45) is 0.409. The molecule has 0 aliphatic heterocycles. The number of aliphatic hydroxyl groups is 1. The molecule has 0 saturated carbocycles. The number of aromatic nitrogens is 2. The Morgan fingerprint density at radius 3 is 2.75 bits per heavy atom. The highest BCUT2D eigenvalue weighted by Gasteiger charge is 2.16. The fourth-order valence-corrected chi connectivity index (χ4v) is 2.95. The third-order valence-corrected chi connectivity index (χ3v) is 4.14. The Balaban J connectivity index is 2.16. The van der Waals surface area contributed by atoms with Gasteiger partial charge < -0.3 is 15.6 Å². The quantitative estimate of drug-likeness (QED) is 0.678. The highest BCUT2D eigenvalue weighted by molar-refractivity contribution is 6.36. The Bertz CT molecular complexity index is 902. The minimum Gasteiger partial charge on any atom is -0.382 e. The number of hydrogen-bond acceptors (Lipinski definition) is 5. The van der Waals surface area contributed by atoms with E-state index in [0.717, 1.165) is 5.56 Å². The molecule has 3 N–H and O–H groups in total. The van der Waals surface area contributed by atoms with Gasteiger partial charge in [-0.25, -0.2) is 9.97 Å². The summed E-state index contributed by atoms with van der Waals surface area (Å²) < 4.78 is 5.23. The van der Waals surface area contributed by atoms with Crippen molar-refractivity contribution in [1.82, 2.24) is 9.97 Å². The van der Waals surface area contributed by atoms with Gasteiger partial charge in [0.25, 0.3) is 0 Å². The van der Waals surface area contributed by atoms with Gasteiger partial charge in [0, 0.05) is 34.3 Å². The second kappa shape index (κ2) is 6.91. The van der Waals surface area contributed by atoms with E-state index in [9.17, 15) is 5.11 Å². The number of fused-ring (bicyclic) bond motifs is 1. The Kier molecular flexibility index (Phi) is 4.87. The molecular weight excluding hydrogens is 349 g/mol. The number of rotatable bonds is 4. The molecule has 5 nitrogen and oxygen atoms in total. The lowest BCUT2D eigenvalue weighted by Gasteiger charge is -2.14. The first-order valence-corrected chi connectivity index (χ1v) is 8.07. The van der Waals surface area contributed by atoms with Crippen molar-refractivity contribution in [3.63, 3.8) is 0 Å². The number of pyridine rings is 2. The van der Waals surface area contributed by atoms with E-state index in [0.29, 0.717) is 38.8 Å². The topological polar surface area (TPSA) is 81.3 Å². The Morgan fingerprint density at radius 2 is 2.04 bits per heavy atom. The van der Waals surface area contributed by atoms with Crippen molar-refractivity contribution in [3.8, 4) is 11.3 Å². The van der Waals surface area contributed by atoms with Crippen LogP contribution in [0.15, 0.2) is 36.5 Å². The van der Waals surface area contributed by atoms with Crippen molar-refractivity contribution in [2.24, 2.45) is 0 Å². The molecule has 7 heteroatoms. The Labute approximate surface area is 149 Å². The predicted molar refractivity (Wildman–Crippen MR) is 96.0 cm³/mol. The highest BCUT2D eigenvalue weighted by Crippen LogP contribution is 2.33. The van der Waals surface area contributed by atoms with Gasteiger partial charge in [0.2, 0.25) is 0 Å². The van der Waals surface area contributed by atoms with E-state index >= 15 is 0 Å². The van der Waals surface area contributed by atoms with Crippen LogP contribution in [0, 0.1) is 0 Å². The first-order chi connectivity index (χ1) is 11.5. The molecule has 0 bridgehead atoms. The normalized spacial score (nSPS) is 12.5. The van der Waals surface area contributed by atoms with Crippen LogP contribution in [0.3, 0.4) is 0 Å². The van der Waals surface area contributed by atoms with E-state index in [2.05, 4.69) is 9.97 Å². The van der Waals surface area contributed by atoms with Crippen molar-refractivity contribution in [1.29, 1.82) is 0 Å². The molecule has 3 rings (SSSR count). The smallest absolute Gasteiger partial charge is 0.183 e. The molecule has 3 aromatic rings. The molecule has 2 heterocycles. The molecule has 0 saturated heterocycles. The molecule has 1 aromatic carbocycles. The molecule has 1 unspecified atom stereocenters. The van der Waals surface area contributed by atoms with Gasteiger partial charge in [0.05, 0.1) is 10.7 Å². The summed E-state index contributed by atoms with van der Waals surface area (Å²) in [7, 11) is 0. The minimum absolute atomic E-state index is 0.268. The van der Waals surface area contributed by atoms with Crippen LogP contribution in [0.5, 0.6) is 0 Å². The number of benzene rings is 1. The first kappa shape index (κ1) is 16.9. The second-order valence-corrected chi connectivity index (χ2v) is 5.97. The number of ether oxygens (including phenoxy) is 1. The summed E-state index contributed by atoms with van der Waals surface area (Å²) in [4.78, 5) is 8.66. The third-order valence-electron chi connectivity index (χ3n) is 3.59. The second-order valence-electron chi connectivity index (χ2n) is 5.12. The zero-order chi connectivity index (χ0) is 17.3. The maximum Gasteiger partial charge on any atom is 0.183 e. The van der Waals surface area contributed by atoms with Crippen LogP contribution < -0.4 is 5.73 Å². The SMILES string of the molecule is CCOC(O)c1cnc(N)c2nc(-c3ccc(Cl)cc3Cl)ccc12. The van der Waals surface area contributed by atoms with Crippen molar-refractivity contribution < 1.29 is 9.84 Å². The summed E-state index contributed by atoms with van der Waals surface area (Å²) in [5.74, 6) is 0.268. The number of nitrogens with zero attached hydrogens (tertiary/aromatic N) is 2. The zero-order valence-corrected chi connectivity index (χ0v) is 14.3. The van der Waals surface area contributed by atoms with Crippen LogP contribution in [0.25, 0.3) is 22.2 Å². The van der Waals surface area contributed by atoms with E-state index in [1.807, 2.05) is 6.07 Å². The van der Waals surface area contributed by atoms with Crippen molar-refractivity contribution >= 4 is 39.9 Å². The van der Waals surface area contributed by atoms with Crippen molar-refractivity contribution in [2.75, 3.05) is 12.3 Å². The molecule has 0 radical (unpaired) electrons. The number of halogens is 2. The molecule has 0 amide bonds. The molecule has 24 heavy (non-hydrogen) atoms. The average Bonchev–Trinajstić information content (AvgIpc) is 2.55. The van der Waals surface area contributed by atoms with Crippen LogP contribution >= 0.6 is 23.2 Å². The van der Waals surface area contributed by atoms with Crippen molar-refractivity contribution in [3.05, 3.63) is 52.1 Å². The molecule has 1 atom stereocenters. The van der Waals surface area contributed by atoms with Gasteiger partial charge in [-0.2, -0.15) is 0 Å². The maximum absolute atomic E-state index is 10.1. The van der Waals surface area contributed by atoms with Crippen LogP contribution in [-0.2, 0) is 4.74 Å². The molecule has 0 aliphatic carbocycles. The maximum atomic E-state index is 10.1. The first-order valence-electron chi connectivity index (χ1n) is 7.31. The van der Waals surface area contributed by atoms with Gasteiger partial charge in [-0.05, 0) is 37.3 Å². The number of nitrogens with two attached hydrogens (primary N) is 1. The lowest BCUT2D eigenvalue weighted by Crippen LogP contribution is -2.06. The van der Waals surface area contributed by atoms with Gasteiger partial charge in [0.1, 0.15) is 11.3 Å². The van der Waals surface area contributed by atoms with E-state index < -0.39 is 6.29 Å². The van der Waals surface area contributed by atoms with Gasteiger partial charge in [0.15, 0.2) is 6.29 Å². The summed E-state index contributed by atoms with van der Waals surface area (Å²) in [6, 6.07) is 8.81. The monoisotopic (exact) mass is 363 g/mol. The number of nitrogen functional groups attached to an aromatic ring is 1. The molecule has 0 fully saturated rings. The van der Waals surface area contributed by atoms with Gasteiger partial charge in [-0.1, -0.05) is 23.2 Å². The van der Waals surface area contributed by atoms with Gasteiger partial charge in [-0.3, -0.25) is 0 Å². The fourth-order valence-electron chi connectivity index (χ4n) is 2.45. The van der Waals surface area contributed by atoms with E-state index in [1.165, 1.54) is 6.20 Å². The van der Waals surface area contributed by atoms with Gasteiger partial charge >= 0.3 is 0 Å². The fraction of sp³-hybridized carbons (Fsp3) is 0.176. The largest absolute Gasteiger partial charge is 0.382 e. The summed E-state index contributed by atoms with van der Waals surface area (Å²) in [6.45, 7) is 2.17. The van der Waals surface area contributed by atoms with Crippen LogP contribution in [0.2, 0.25) is 10.0 Å². The van der Waals surface area contributed by atoms with E-state index in [-0.39, 0.29) is 5.82 Å². The van der Waals surface area contributed by atoms with Crippen molar-refractivity contribution in [2.45, 2.75) is 13.2 Å². The molecule has 0 spiro atoms. The third kappa shape index (κ3) is 3.16. The highest BCUT2D eigenvalue weighted by atomic mass is 35.5. The predicted octanol–water partition coefficient (Wildman–Crippen LogP) is 4.21. The lowest BCUT2D eigenvalue weighted by molar-refractivity contribution is -0.0971. The standard InChI is InChI=1S/C17H15Cl2N3O2/c1-2-24-17(23)12-8-21-16(20)15-10(12)5-6-14(22-15)11-4-3-9(18)7-13(11)19/h3-8,17,23H,2H2,1H3,(H2,20,21).